The summed E-state index contributed by atoms with van der Waals surface area (Å²) in [4.78, 5) is 8.37. The maximum absolute atomic E-state index is 6.08. The third kappa shape index (κ3) is 1.37. The van der Waals surface area contributed by atoms with Gasteiger partial charge in [0.1, 0.15) is 5.82 Å². The Morgan fingerprint density at radius 3 is 2.75 bits per heavy atom. The van der Waals surface area contributed by atoms with Gasteiger partial charge in [-0.2, -0.15) is 0 Å². The highest BCUT2D eigenvalue weighted by Gasteiger charge is 2.07. The summed E-state index contributed by atoms with van der Waals surface area (Å²) in [7, 11) is 0. The van der Waals surface area contributed by atoms with Crippen LogP contribution in [0.3, 0.4) is 0 Å². The van der Waals surface area contributed by atoms with Gasteiger partial charge in [0.25, 0.3) is 0 Å². The van der Waals surface area contributed by atoms with E-state index in [2.05, 4.69) is 9.97 Å². The molecule has 3 heterocycles. The number of nitrogens with zero attached hydrogens (tertiary/aromatic N) is 3. The number of hydrogen-bond acceptors (Lipinski definition) is 2. The Balaban J connectivity index is 2.30. The molecule has 0 aliphatic heterocycles. The lowest BCUT2D eigenvalue weighted by molar-refractivity contribution is 1.16. The average molecular weight is 230 g/mol. The van der Waals surface area contributed by atoms with Crippen molar-refractivity contribution >= 4 is 17.1 Å². The van der Waals surface area contributed by atoms with E-state index in [0.29, 0.717) is 5.02 Å². The van der Waals surface area contributed by atoms with Crippen LogP contribution in [-0.4, -0.2) is 14.4 Å². The lowest BCUT2D eigenvalue weighted by Gasteiger charge is -2.01. The molecule has 0 aromatic carbocycles. The highest BCUT2D eigenvalue weighted by atomic mass is 35.5. The molecule has 0 spiro atoms. The van der Waals surface area contributed by atoms with Gasteiger partial charge in [0.05, 0.1) is 16.7 Å². The first-order valence-electron chi connectivity index (χ1n) is 4.88. The maximum atomic E-state index is 6.08. The minimum atomic E-state index is 0.704. The van der Waals surface area contributed by atoms with Crippen molar-refractivity contribution in [2.45, 2.75) is 0 Å². The van der Waals surface area contributed by atoms with Crippen LogP contribution in [0.1, 0.15) is 0 Å². The molecule has 0 aliphatic rings. The van der Waals surface area contributed by atoms with Gasteiger partial charge in [-0.3, -0.25) is 9.38 Å². The molecule has 0 N–H and O–H groups in total. The molecular weight excluding hydrogens is 222 g/mol. The van der Waals surface area contributed by atoms with E-state index in [0.717, 1.165) is 16.9 Å². The van der Waals surface area contributed by atoms with Crippen molar-refractivity contribution in [3.05, 3.63) is 54.1 Å². The fourth-order valence-electron chi connectivity index (χ4n) is 1.70. The van der Waals surface area contributed by atoms with Crippen LogP contribution in [0.4, 0.5) is 0 Å². The smallest absolute Gasteiger partial charge is 0.144 e. The van der Waals surface area contributed by atoms with E-state index in [4.69, 9.17) is 11.6 Å². The van der Waals surface area contributed by atoms with Crippen LogP contribution in [0.15, 0.2) is 49.1 Å². The average Bonchev–Trinajstić information content (AvgIpc) is 2.75. The highest BCUT2D eigenvalue weighted by Crippen LogP contribution is 2.23. The van der Waals surface area contributed by atoms with Gasteiger partial charge in [-0.05, 0) is 24.3 Å². The van der Waals surface area contributed by atoms with Gasteiger partial charge in [0, 0.05) is 24.2 Å². The molecule has 0 unspecified atom stereocenters. The molecule has 0 saturated carbocycles. The molecule has 4 heteroatoms. The van der Waals surface area contributed by atoms with Crippen molar-refractivity contribution in [2.24, 2.45) is 0 Å². The Labute approximate surface area is 97.3 Å². The molecule has 3 rings (SSSR count). The molecule has 0 bridgehead atoms. The van der Waals surface area contributed by atoms with Crippen LogP contribution >= 0.6 is 11.6 Å². The van der Waals surface area contributed by atoms with Gasteiger partial charge in [0.2, 0.25) is 0 Å². The molecule has 0 atom stereocenters. The minimum Gasteiger partial charge on any atom is -0.298 e. The third-order valence-electron chi connectivity index (χ3n) is 2.46. The minimum absolute atomic E-state index is 0.704. The van der Waals surface area contributed by atoms with Gasteiger partial charge in [-0.1, -0.05) is 11.6 Å². The molecule has 0 saturated heterocycles. The van der Waals surface area contributed by atoms with Crippen LogP contribution in [0.5, 0.6) is 0 Å². The molecule has 3 nitrogen and oxygen atoms in total. The normalized spacial score (nSPS) is 10.8. The van der Waals surface area contributed by atoms with E-state index in [-0.39, 0.29) is 0 Å². The number of imidazole rings is 1. The largest absolute Gasteiger partial charge is 0.298 e. The van der Waals surface area contributed by atoms with Crippen LogP contribution in [0.25, 0.3) is 16.9 Å². The number of fused-ring (bicyclic) bond motifs is 1. The van der Waals surface area contributed by atoms with Crippen LogP contribution in [0.2, 0.25) is 5.02 Å². The summed E-state index contributed by atoms with van der Waals surface area (Å²) in [6.07, 6.45) is 7.23. The quantitative estimate of drug-likeness (QED) is 0.642. The molecule has 0 aliphatic carbocycles. The number of halogens is 1. The monoisotopic (exact) mass is 229 g/mol. The van der Waals surface area contributed by atoms with Gasteiger partial charge < -0.3 is 0 Å². The summed E-state index contributed by atoms with van der Waals surface area (Å²) >= 11 is 6.08. The van der Waals surface area contributed by atoms with E-state index in [1.165, 1.54) is 0 Å². The van der Waals surface area contributed by atoms with Crippen molar-refractivity contribution in [3.8, 4) is 11.4 Å². The fraction of sp³-hybridized carbons (Fsp3) is 0. The SMILES string of the molecule is Clc1cccn2c(-c3ccncc3)ncc12. The van der Waals surface area contributed by atoms with Crippen molar-refractivity contribution in [1.29, 1.82) is 0 Å². The van der Waals surface area contributed by atoms with E-state index in [9.17, 15) is 0 Å². The third-order valence-corrected chi connectivity index (χ3v) is 2.78. The summed E-state index contributed by atoms with van der Waals surface area (Å²) in [5.74, 6) is 0.875. The number of pyridine rings is 2. The molecule has 0 fully saturated rings. The van der Waals surface area contributed by atoms with Gasteiger partial charge >= 0.3 is 0 Å². The van der Waals surface area contributed by atoms with Gasteiger partial charge in [-0.25, -0.2) is 4.98 Å². The van der Waals surface area contributed by atoms with E-state index < -0.39 is 0 Å². The summed E-state index contributed by atoms with van der Waals surface area (Å²) < 4.78 is 1.97. The van der Waals surface area contributed by atoms with Crippen molar-refractivity contribution in [1.82, 2.24) is 14.4 Å². The lowest BCUT2D eigenvalue weighted by Crippen LogP contribution is -1.89. The van der Waals surface area contributed by atoms with Crippen LogP contribution < -0.4 is 0 Å². The van der Waals surface area contributed by atoms with Crippen LogP contribution in [0, 0.1) is 0 Å². The number of aromatic nitrogens is 3. The second-order valence-corrected chi connectivity index (χ2v) is 3.84. The highest BCUT2D eigenvalue weighted by molar-refractivity contribution is 6.33. The first-order chi connectivity index (χ1) is 7.86. The topological polar surface area (TPSA) is 30.2 Å². The van der Waals surface area contributed by atoms with Crippen molar-refractivity contribution < 1.29 is 0 Å². The molecule has 0 radical (unpaired) electrons. The summed E-state index contributed by atoms with van der Waals surface area (Å²) in [6.45, 7) is 0. The molecule has 3 aromatic rings. The van der Waals surface area contributed by atoms with Crippen molar-refractivity contribution in [3.63, 3.8) is 0 Å². The van der Waals surface area contributed by atoms with Crippen LogP contribution in [-0.2, 0) is 0 Å². The Morgan fingerprint density at radius 2 is 1.94 bits per heavy atom. The van der Waals surface area contributed by atoms with Gasteiger partial charge in [0.15, 0.2) is 0 Å². The van der Waals surface area contributed by atoms with Crippen molar-refractivity contribution in [2.75, 3.05) is 0 Å². The fourth-order valence-corrected chi connectivity index (χ4v) is 1.91. The number of hydrogen-bond donors (Lipinski definition) is 0. The summed E-state index contributed by atoms with van der Waals surface area (Å²) in [5, 5.41) is 0.704. The Kier molecular flexibility index (Phi) is 2.11. The predicted molar refractivity (Wildman–Crippen MR) is 63.4 cm³/mol. The molecule has 3 aromatic heterocycles. The second kappa shape index (κ2) is 3.61. The first-order valence-corrected chi connectivity index (χ1v) is 5.26. The second-order valence-electron chi connectivity index (χ2n) is 3.43. The van der Waals surface area contributed by atoms with E-state index >= 15 is 0 Å². The molecule has 0 amide bonds. The molecule has 16 heavy (non-hydrogen) atoms. The van der Waals surface area contributed by atoms with Gasteiger partial charge in [-0.15, -0.1) is 0 Å². The standard InChI is InChI=1S/C12H8ClN3/c13-10-2-1-7-16-11(10)8-15-12(16)9-3-5-14-6-4-9/h1-8H. The summed E-state index contributed by atoms with van der Waals surface area (Å²) in [5.41, 5.74) is 1.94. The number of rotatable bonds is 1. The zero-order chi connectivity index (χ0) is 11.0. The van der Waals surface area contributed by atoms with E-state index in [1.807, 2.05) is 34.9 Å². The zero-order valence-corrected chi connectivity index (χ0v) is 9.09. The van der Waals surface area contributed by atoms with E-state index in [1.54, 1.807) is 18.6 Å². The maximum Gasteiger partial charge on any atom is 0.144 e. The lowest BCUT2D eigenvalue weighted by atomic mass is 10.2. The predicted octanol–water partition coefficient (Wildman–Crippen LogP) is 3.05. The molecular formula is C12H8ClN3. The Morgan fingerprint density at radius 1 is 1.12 bits per heavy atom. The zero-order valence-electron chi connectivity index (χ0n) is 8.34. The first kappa shape index (κ1) is 9.36. The Bertz CT molecular complexity index is 631. The molecule has 78 valence electrons. The Hall–Kier alpha value is -1.87. The summed E-state index contributed by atoms with van der Waals surface area (Å²) in [6, 6.07) is 7.61.